The predicted octanol–water partition coefficient (Wildman–Crippen LogP) is 1.44. The number of benzene rings is 1. The van der Waals surface area contributed by atoms with E-state index in [1.165, 1.54) is 11.1 Å². The number of carbonyl (C=O) groups is 2. The second-order valence-corrected chi connectivity index (χ2v) is 8.36. The van der Waals surface area contributed by atoms with Crippen molar-refractivity contribution < 1.29 is 14.3 Å². The van der Waals surface area contributed by atoms with Gasteiger partial charge in [-0.25, -0.2) is 0 Å². The highest BCUT2D eigenvalue weighted by atomic mass is 16.5. The zero-order chi connectivity index (χ0) is 19.3. The summed E-state index contributed by atoms with van der Waals surface area (Å²) in [5.74, 6) is 0.861. The Labute approximate surface area is 167 Å². The van der Waals surface area contributed by atoms with Crippen LogP contribution < -0.4 is 5.32 Å². The van der Waals surface area contributed by atoms with Crippen LogP contribution in [0.4, 0.5) is 0 Å². The SMILES string of the molecule is O=C(NCC1CCN(C(=O)CN2CCc3ccccc3C2)CC1)C1CCOC1. The number of ether oxygens (including phenoxy) is 1. The van der Waals surface area contributed by atoms with E-state index in [1.54, 1.807) is 0 Å². The van der Waals surface area contributed by atoms with Crippen molar-refractivity contribution in [3.8, 4) is 0 Å². The molecule has 6 heteroatoms. The van der Waals surface area contributed by atoms with Crippen LogP contribution in [0.15, 0.2) is 24.3 Å². The molecule has 4 rings (SSSR count). The molecular weight excluding hydrogens is 354 g/mol. The van der Waals surface area contributed by atoms with Gasteiger partial charge in [-0.3, -0.25) is 14.5 Å². The van der Waals surface area contributed by atoms with Gasteiger partial charge in [0.15, 0.2) is 0 Å². The number of amides is 2. The van der Waals surface area contributed by atoms with E-state index in [1.807, 2.05) is 4.90 Å². The number of carbonyl (C=O) groups excluding carboxylic acids is 2. The first-order valence-corrected chi connectivity index (χ1v) is 10.6. The van der Waals surface area contributed by atoms with Gasteiger partial charge in [0.05, 0.1) is 19.1 Å². The van der Waals surface area contributed by atoms with Crippen LogP contribution in [0.5, 0.6) is 0 Å². The zero-order valence-electron chi connectivity index (χ0n) is 16.6. The van der Waals surface area contributed by atoms with Crippen molar-refractivity contribution in [1.82, 2.24) is 15.1 Å². The Hall–Kier alpha value is -1.92. The van der Waals surface area contributed by atoms with Gasteiger partial charge in [-0.05, 0) is 42.7 Å². The Morgan fingerprint density at radius 2 is 1.86 bits per heavy atom. The molecule has 3 heterocycles. The highest BCUT2D eigenvalue weighted by Crippen LogP contribution is 2.20. The first-order chi connectivity index (χ1) is 13.7. The van der Waals surface area contributed by atoms with Crippen LogP contribution in [0.3, 0.4) is 0 Å². The maximum absolute atomic E-state index is 12.7. The van der Waals surface area contributed by atoms with Gasteiger partial charge in [-0.15, -0.1) is 0 Å². The van der Waals surface area contributed by atoms with Gasteiger partial charge in [0.2, 0.25) is 11.8 Å². The standard InChI is InChI=1S/C22H31N3O3/c26-21(15-24-9-7-18-3-1-2-4-19(18)14-24)25-10-5-17(6-11-25)13-23-22(27)20-8-12-28-16-20/h1-4,17,20H,5-16H2,(H,23,27). The van der Waals surface area contributed by atoms with Crippen LogP contribution in [0, 0.1) is 11.8 Å². The van der Waals surface area contributed by atoms with Gasteiger partial charge < -0.3 is 15.0 Å². The summed E-state index contributed by atoms with van der Waals surface area (Å²) in [5.41, 5.74) is 2.77. The van der Waals surface area contributed by atoms with Crippen molar-refractivity contribution in [2.24, 2.45) is 11.8 Å². The molecule has 1 aromatic rings. The number of nitrogens with one attached hydrogen (secondary N) is 1. The van der Waals surface area contributed by atoms with Gasteiger partial charge in [0.25, 0.3) is 0 Å². The lowest BCUT2D eigenvalue weighted by Gasteiger charge is -2.35. The summed E-state index contributed by atoms with van der Waals surface area (Å²) in [6.07, 6.45) is 3.79. The van der Waals surface area contributed by atoms with E-state index in [4.69, 9.17) is 4.74 Å². The van der Waals surface area contributed by atoms with Crippen LogP contribution in [-0.2, 0) is 27.3 Å². The molecule has 0 aliphatic carbocycles. The van der Waals surface area contributed by atoms with E-state index in [0.29, 0.717) is 25.7 Å². The van der Waals surface area contributed by atoms with Crippen LogP contribution in [0.25, 0.3) is 0 Å². The van der Waals surface area contributed by atoms with Crippen molar-refractivity contribution in [1.29, 1.82) is 0 Å². The van der Waals surface area contributed by atoms with Crippen molar-refractivity contribution in [3.63, 3.8) is 0 Å². The molecule has 0 aromatic heterocycles. The molecule has 1 aromatic carbocycles. The summed E-state index contributed by atoms with van der Waals surface area (Å²) in [5, 5.41) is 3.08. The minimum absolute atomic E-state index is 0.0244. The smallest absolute Gasteiger partial charge is 0.236 e. The monoisotopic (exact) mass is 385 g/mol. The second-order valence-electron chi connectivity index (χ2n) is 8.36. The first kappa shape index (κ1) is 19.4. The number of hydrogen-bond donors (Lipinski definition) is 1. The fourth-order valence-corrected chi connectivity index (χ4v) is 4.50. The van der Waals surface area contributed by atoms with Gasteiger partial charge in [0, 0.05) is 39.3 Å². The Morgan fingerprint density at radius 1 is 1.07 bits per heavy atom. The molecule has 0 saturated carbocycles. The molecule has 3 aliphatic heterocycles. The van der Waals surface area contributed by atoms with Gasteiger partial charge in [0.1, 0.15) is 0 Å². The average Bonchev–Trinajstić information content (AvgIpc) is 3.27. The quantitative estimate of drug-likeness (QED) is 0.833. The van der Waals surface area contributed by atoms with E-state index in [2.05, 4.69) is 34.5 Å². The third-order valence-electron chi connectivity index (χ3n) is 6.40. The predicted molar refractivity (Wildman–Crippen MR) is 107 cm³/mol. The van der Waals surface area contributed by atoms with Crippen molar-refractivity contribution in [2.75, 3.05) is 45.9 Å². The average molecular weight is 386 g/mol. The summed E-state index contributed by atoms with van der Waals surface area (Å²) >= 11 is 0. The van der Waals surface area contributed by atoms with E-state index in [-0.39, 0.29) is 17.7 Å². The summed E-state index contributed by atoms with van der Waals surface area (Å²) in [6, 6.07) is 8.53. The zero-order valence-corrected chi connectivity index (χ0v) is 16.6. The second kappa shape index (κ2) is 9.05. The molecule has 152 valence electrons. The third kappa shape index (κ3) is 4.73. The molecule has 1 atom stereocenters. The van der Waals surface area contributed by atoms with Crippen LogP contribution >= 0.6 is 0 Å². The number of rotatable bonds is 5. The van der Waals surface area contributed by atoms with E-state index >= 15 is 0 Å². The topological polar surface area (TPSA) is 61.9 Å². The van der Waals surface area contributed by atoms with Crippen molar-refractivity contribution >= 4 is 11.8 Å². The molecule has 2 amide bonds. The number of likely N-dealkylation sites (tertiary alicyclic amines) is 1. The lowest BCUT2D eigenvalue weighted by Crippen LogP contribution is -2.46. The maximum atomic E-state index is 12.7. The van der Waals surface area contributed by atoms with E-state index in [9.17, 15) is 9.59 Å². The van der Waals surface area contributed by atoms with Crippen LogP contribution in [-0.4, -0.2) is 67.6 Å². The molecule has 1 unspecified atom stereocenters. The van der Waals surface area contributed by atoms with Crippen LogP contribution in [0.2, 0.25) is 0 Å². The number of piperidine rings is 1. The molecule has 6 nitrogen and oxygen atoms in total. The molecule has 2 saturated heterocycles. The fraction of sp³-hybridized carbons (Fsp3) is 0.636. The van der Waals surface area contributed by atoms with Gasteiger partial charge in [-0.2, -0.15) is 0 Å². The molecule has 0 spiro atoms. The summed E-state index contributed by atoms with van der Waals surface area (Å²) in [6.45, 7) is 5.91. The lowest BCUT2D eigenvalue weighted by atomic mass is 9.96. The molecule has 0 bridgehead atoms. The molecular formula is C22H31N3O3. The van der Waals surface area contributed by atoms with Crippen molar-refractivity contribution in [3.05, 3.63) is 35.4 Å². The molecule has 3 aliphatic rings. The molecule has 2 fully saturated rings. The summed E-state index contributed by atoms with van der Waals surface area (Å²) in [4.78, 5) is 29.1. The molecule has 0 radical (unpaired) electrons. The highest BCUT2D eigenvalue weighted by molar-refractivity contribution is 5.79. The fourth-order valence-electron chi connectivity index (χ4n) is 4.50. The molecule has 1 N–H and O–H groups in total. The van der Waals surface area contributed by atoms with E-state index < -0.39 is 0 Å². The first-order valence-electron chi connectivity index (χ1n) is 10.6. The maximum Gasteiger partial charge on any atom is 0.236 e. The van der Waals surface area contributed by atoms with Gasteiger partial charge >= 0.3 is 0 Å². The number of hydrogen-bond acceptors (Lipinski definition) is 4. The van der Waals surface area contributed by atoms with Gasteiger partial charge in [-0.1, -0.05) is 24.3 Å². The van der Waals surface area contributed by atoms with Crippen molar-refractivity contribution in [2.45, 2.75) is 32.2 Å². The normalized spacial score (nSPS) is 23.4. The van der Waals surface area contributed by atoms with E-state index in [0.717, 1.165) is 58.4 Å². The number of fused-ring (bicyclic) bond motifs is 1. The largest absolute Gasteiger partial charge is 0.381 e. The number of nitrogens with zero attached hydrogens (tertiary/aromatic N) is 2. The Balaban J connectivity index is 1.18. The Morgan fingerprint density at radius 3 is 2.61 bits per heavy atom. The highest BCUT2D eigenvalue weighted by Gasteiger charge is 2.27. The third-order valence-corrected chi connectivity index (χ3v) is 6.40. The summed E-state index contributed by atoms with van der Waals surface area (Å²) in [7, 11) is 0. The minimum Gasteiger partial charge on any atom is -0.381 e. The van der Waals surface area contributed by atoms with Crippen LogP contribution in [0.1, 0.15) is 30.4 Å². The summed E-state index contributed by atoms with van der Waals surface area (Å²) < 4.78 is 5.28. The Bertz CT molecular complexity index is 694. The Kier molecular flexibility index (Phi) is 6.27. The minimum atomic E-state index is 0.0244. The lowest BCUT2D eigenvalue weighted by molar-refractivity contribution is -0.134. The molecule has 28 heavy (non-hydrogen) atoms.